The first kappa shape index (κ1) is 15.6. The summed E-state index contributed by atoms with van der Waals surface area (Å²) in [4.78, 5) is 0. The molecule has 0 fully saturated rings. The molecule has 110 valence electrons. The second-order valence-electron chi connectivity index (χ2n) is 4.44. The van der Waals surface area contributed by atoms with Crippen LogP contribution in [0, 0.1) is 0 Å². The minimum Gasteiger partial charge on any atom is -0.493 e. The van der Waals surface area contributed by atoms with Crippen LogP contribution in [0.5, 0.6) is 11.5 Å². The Labute approximate surface area is 133 Å². The molecule has 0 saturated carbocycles. The van der Waals surface area contributed by atoms with Crippen molar-refractivity contribution in [2.24, 2.45) is 0 Å². The molecule has 0 saturated heterocycles. The molecule has 1 N–H and O–H groups in total. The zero-order valence-corrected chi connectivity index (χ0v) is 13.5. The van der Waals surface area contributed by atoms with Gasteiger partial charge in [-0.25, -0.2) is 0 Å². The van der Waals surface area contributed by atoms with E-state index >= 15 is 0 Å². The van der Waals surface area contributed by atoms with E-state index in [1.54, 1.807) is 32.4 Å². The van der Waals surface area contributed by atoms with Gasteiger partial charge in [-0.1, -0.05) is 58.4 Å². The highest BCUT2D eigenvalue weighted by Crippen LogP contribution is 2.36. The molecule has 3 nitrogen and oxygen atoms in total. The number of aliphatic hydroxyl groups excluding tert-OH is 1. The lowest BCUT2D eigenvalue weighted by atomic mass is 10.1. The average molecular weight is 349 g/mol. The molecule has 0 radical (unpaired) electrons. The normalized spacial score (nSPS) is 12.4. The van der Waals surface area contributed by atoms with E-state index in [4.69, 9.17) is 9.47 Å². The predicted octanol–water partition coefficient (Wildman–Crippen LogP) is 4.21. The Balaban J connectivity index is 2.26. The highest BCUT2D eigenvalue weighted by molar-refractivity contribution is 9.10. The zero-order chi connectivity index (χ0) is 15.2. The van der Waals surface area contributed by atoms with Gasteiger partial charge in [-0.15, -0.1) is 0 Å². The number of benzene rings is 2. The highest BCUT2D eigenvalue weighted by Gasteiger charge is 2.14. The predicted molar refractivity (Wildman–Crippen MR) is 87.7 cm³/mol. The fourth-order valence-electron chi connectivity index (χ4n) is 1.97. The summed E-state index contributed by atoms with van der Waals surface area (Å²) in [5, 5.41) is 10.3. The molecule has 0 bridgehead atoms. The van der Waals surface area contributed by atoms with Crippen molar-refractivity contribution in [2.75, 3.05) is 14.2 Å². The van der Waals surface area contributed by atoms with Gasteiger partial charge in [0, 0.05) is 10.0 Å². The van der Waals surface area contributed by atoms with Gasteiger partial charge < -0.3 is 14.6 Å². The van der Waals surface area contributed by atoms with Crippen LogP contribution in [0.3, 0.4) is 0 Å². The third-order valence-corrected chi connectivity index (χ3v) is 3.78. The SMILES string of the molecule is COc1cc(Br)c(C(O)/C=C/c2ccccc2)cc1OC. The Morgan fingerprint density at radius 2 is 1.67 bits per heavy atom. The quantitative estimate of drug-likeness (QED) is 0.879. The van der Waals surface area contributed by atoms with Crippen LogP contribution in [0.2, 0.25) is 0 Å². The molecule has 0 amide bonds. The minimum absolute atomic E-state index is 0.586. The van der Waals surface area contributed by atoms with E-state index in [0.29, 0.717) is 11.5 Å². The zero-order valence-electron chi connectivity index (χ0n) is 11.9. The van der Waals surface area contributed by atoms with E-state index in [-0.39, 0.29) is 0 Å². The lowest BCUT2D eigenvalue weighted by Crippen LogP contribution is -1.98. The summed E-state index contributed by atoms with van der Waals surface area (Å²) in [7, 11) is 3.15. The van der Waals surface area contributed by atoms with Gasteiger partial charge in [0.25, 0.3) is 0 Å². The van der Waals surface area contributed by atoms with Crippen molar-refractivity contribution < 1.29 is 14.6 Å². The van der Waals surface area contributed by atoms with Crippen LogP contribution in [0.4, 0.5) is 0 Å². The van der Waals surface area contributed by atoms with Gasteiger partial charge in [-0.05, 0) is 17.7 Å². The van der Waals surface area contributed by atoms with Crippen molar-refractivity contribution in [1.29, 1.82) is 0 Å². The topological polar surface area (TPSA) is 38.7 Å². The van der Waals surface area contributed by atoms with Crippen LogP contribution in [0.25, 0.3) is 6.08 Å². The Hall–Kier alpha value is -1.78. The van der Waals surface area contributed by atoms with Crippen LogP contribution in [-0.4, -0.2) is 19.3 Å². The van der Waals surface area contributed by atoms with Crippen LogP contribution < -0.4 is 9.47 Å². The third-order valence-electron chi connectivity index (χ3n) is 3.09. The number of aliphatic hydroxyl groups is 1. The van der Waals surface area contributed by atoms with Crippen molar-refractivity contribution in [1.82, 2.24) is 0 Å². The molecular formula is C17H17BrO3. The fourth-order valence-corrected chi connectivity index (χ4v) is 2.52. The first-order valence-corrected chi connectivity index (χ1v) is 7.27. The van der Waals surface area contributed by atoms with Gasteiger partial charge in [0.05, 0.1) is 20.3 Å². The van der Waals surface area contributed by atoms with Gasteiger partial charge in [0.2, 0.25) is 0 Å². The highest BCUT2D eigenvalue weighted by atomic mass is 79.9. The number of ether oxygens (including phenoxy) is 2. The van der Waals surface area contributed by atoms with E-state index in [2.05, 4.69) is 15.9 Å². The molecule has 2 aromatic rings. The first-order chi connectivity index (χ1) is 10.2. The first-order valence-electron chi connectivity index (χ1n) is 6.48. The van der Waals surface area contributed by atoms with Crippen molar-refractivity contribution in [3.63, 3.8) is 0 Å². The Bertz CT molecular complexity index is 623. The molecule has 1 unspecified atom stereocenters. The number of methoxy groups -OCH3 is 2. The monoisotopic (exact) mass is 348 g/mol. The smallest absolute Gasteiger partial charge is 0.161 e. The third kappa shape index (κ3) is 3.86. The number of hydrogen-bond acceptors (Lipinski definition) is 3. The molecule has 1 atom stereocenters. The fraction of sp³-hybridized carbons (Fsp3) is 0.176. The summed E-state index contributed by atoms with van der Waals surface area (Å²) < 4.78 is 11.3. The van der Waals surface area contributed by atoms with Gasteiger partial charge in [0.15, 0.2) is 11.5 Å². The maximum Gasteiger partial charge on any atom is 0.161 e. The molecule has 2 aromatic carbocycles. The van der Waals surface area contributed by atoms with Gasteiger partial charge in [-0.3, -0.25) is 0 Å². The summed E-state index contributed by atoms with van der Waals surface area (Å²) >= 11 is 3.45. The van der Waals surface area contributed by atoms with E-state index in [0.717, 1.165) is 15.6 Å². The summed E-state index contributed by atoms with van der Waals surface area (Å²) in [6, 6.07) is 13.4. The molecule has 21 heavy (non-hydrogen) atoms. The van der Waals surface area contributed by atoms with Crippen molar-refractivity contribution >= 4 is 22.0 Å². The number of rotatable bonds is 5. The van der Waals surface area contributed by atoms with E-state index in [9.17, 15) is 5.11 Å². The number of hydrogen-bond donors (Lipinski definition) is 1. The maximum atomic E-state index is 10.3. The number of halogens is 1. The molecule has 4 heteroatoms. The van der Waals surface area contributed by atoms with Crippen molar-refractivity contribution in [2.45, 2.75) is 6.10 Å². The summed E-state index contributed by atoms with van der Waals surface area (Å²) in [6.07, 6.45) is 2.88. The molecule has 0 aromatic heterocycles. The molecule has 0 aliphatic carbocycles. The van der Waals surface area contributed by atoms with Crippen molar-refractivity contribution in [3.8, 4) is 11.5 Å². The maximum absolute atomic E-state index is 10.3. The van der Waals surface area contributed by atoms with E-state index in [1.807, 2.05) is 36.4 Å². The van der Waals surface area contributed by atoms with Gasteiger partial charge >= 0.3 is 0 Å². The van der Waals surface area contributed by atoms with Crippen LogP contribution in [-0.2, 0) is 0 Å². The standard InChI is InChI=1S/C17H17BrO3/c1-20-16-10-13(14(18)11-17(16)21-2)15(19)9-8-12-6-4-3-5-7-12/h3-11,15,19H,1-2H3/b9-8+. The second-order valence-corrected chi connectivity index (χ2v) is 5.30. The minimum atomic E-state index is -0.737. The largest absolute Gasteiger partial charge is 0.493 e. The molecule has 2 rings (SSSR count). The summed E-state index contributed by atoms with van der Waals surface area (Å²) in [5.74, 6) is 1.20. The van der Waals surface area contributed by atoms with Gasteiger partial charge in [0.1, 0.15) is 0 Å². The summed E-state index contributed by atoms with van der Waals surface area (Å²) in [5.41, 5.74) is 1.76. The second kappa shape index (κ2) is 7.29. The van der Waals surface area contributed by atoms with E-state index in [1.165, 1.54) is 0 Å². The molecule has 0 aliphatic rings. The average Bonchev–Trinajstić information content (AvgIpc) is 2.53. The van der Waals surface area contributed by atoms with Crippen molar-refractivity contribution in [3.05, 3.63) is 64.1 Å². The summed E-state index contributed by atoms with van der Waals surface area (Å²) in [6.45, 7) is 0. The Morgan fingerprint density at radius 3 is 2.29 bits per heavy atom. The lowest BCUT2D eigenvalue weighted by molar-refractivity contribution is 0.228. The lowest BCUT2D eigenvalue weighted by Gasteiger charge is -2.14. The molecule has 0 heterocycles. The molecule has 0 aliphatic heterocycles. The molecular weight excluding hydrogens is 332 g/mol. The van der Waals surface area contributed by atoms with Crippen LogP contribution in [0.1, 0.15) is 17.2 Å². The molecule has 0 spiro atoms. The van der Waals surface area contributed by atoms with Gasteiger partial charge in [-0.2, -0.15) is 0 Å². The Morgan fingerprint density at radius 1 is 1.05 bits per heavy atom. The van der Waals surface area contributed by atoms with Crippen LogP contribution >= 0.6 is 15.9 Å². The Kier molecular flexibility index (Phi) is 5.42. The van der Waals surface area contributed by atoms with E-state index < -0.39 is 6.10 Å². The van der Waals surface area contributed by atoms with Crippen LogP contribution in [0.15, 0.2) is 53.0 Å².